The van der Waals surface area contributed by atoms with Crippen LogP contribution in [0, 0.1) is 6.92 Å². The van der Waals surface area contributed by atoms with E-state index in [1.807, 2.05) is 49.5 Å². The summed E-state index contributed by atoms with van der Waals surface area (Å²) < 4.78 is 7.35. The van der Waals surface area contributed by atoms with Crippen molar-refractivity contribution in [1.82, 2.24) is 24.6 Å². The van der Waals surface area contributed by atoms with Crippen molar-refractivity contribution in [3.05, 3.63) is 93.5 Å². The van der Waals surface area contributed by atoms with E-state index in [2.05, 4.69) is 15.4 Å². The zero-order valence-corrected chi connectivity index (χ0v) is 25.6. The summed E-state index contributed by atoms with van der Waals surface area (Å²) in [6, 6.07) is 14.2. The molecule has 11 nitrogen and oxygen atoms in total. The Morgan fingerprint density at radius 2 is 1.95 bits per heavy atom. The summed E-state index contributed by atoms with van der Waals surface area (Å²) >= 11 is 6.52. The summed E-state index contributed by atoms with van der Waals surface area (Å²) in [6.45, 7) is 3.85. The molecule has 3 amide bonds. The number of hydrogen-bond acceptors (Lipinski definition) is 6. The predicted molar refractivity (Wildman–Crippen MR) is 165 cm³/mol. The molecule has 5 rings (SSSR count). The summed E-state index contributed by atoms with van der Waals surface area (Å²) in [5.41, 5.74) is 5.47. The normalized spacial score (nSPS) is 12.8. The van der Waals surface area contributed by atoms with Crippen molar-refractivity contribution in [2.24, 2.45) is 7.05 Å². The molecule has 1 atom stereocenters. The van der Waals surface area contributed by atoms with Crippen LogP contribution in [-0.2, 0) is 36.2 Å². The fourth-order valence-electron chi connectivity index (χ4n) is 5.25. The minimum absolute atomic E-state index is 0.0706. The molecule has 0 spiro atoms. The van der Waals surface area contributed by atoms with Gasteiger partial charge in [-0.2, -0.15) is 5.10 Å². The monoisotopic (exact) mass is 616 g/mol. The van der Waals surface area contributed by atoms with Crippen molar-refractivity contribution >= 4 is 41.5 Å². The Bertz CT molecular complexity index is 1730. The first-order valence-corrected chi connectivity index (χ1v) is 14.4. The molecule has 1 aliphatic heterocycles. The molecular weight excluding hydrogens is 584 g/mol. The summed E-state index contributed by atoms with van der Waals surface area (Å²) in [7, 11) is 3.41. The standard InChI is InChI=1S/C32H33ClN6O5/c1-19-10-24(28(17-40)34-19)31(42)38(4)20(2)14-39(32(43)44-18-21-8-6-5-7-9-21)16-27-25(15-37(3)36-27)22-11-23-13-29(41)35-30(23)26(33)12-22/h5-12,15,17,20,34H,13-14,16,18H2,1-4H3,(H,35,41). The second kappa shape index (κ2) is 12.8. The van der Waals surface area contributed by atoms with E-state index in [0.717, 1.165) is 22.3 Å². The molecule has 44 heavy (non-hydrogen) atoms. The Balaban J connectivity index is 1.42. The number of likely N-dealkylation sites (N-methyl/N-ethyl adjacent to an activating group) is 1. The van der Waals surface area contributed by atoms with Gasteiger partial charge in [0.2, 0.25) is 5.91 Å². The van der Waals surface area contributed by atoms with Gasteiger partial charge in [0, 0.05) is 44.1 Å². The number of nitrogens with one attached hydrogen (secondary N) is 2. The van der Waals surface area contributed by atoms with Crippen molar-refractivity contribution in [2.45, 2.75) is 39.5 Å². The first-order chi connectivity index (χ1) is 21.0. The van der Waals surface area contributed by atoms with Crippen molar-refractivity contribution in [3.8, 4) is 11.1 Å². The number of halogens is 1. The first-order valence-electron chi connectivity index (χ1n) is 14.1. The van der Waals surface area contributed by atoms with Crippen LogP contribution < -0.4 is 5.32 Å². The molecular formula is C32H33ClN6O5. The highest BCUT2D eigenvalue weighted by molar-refractivity contribution is 6.34. The lowest BCUT2D eigenvalue weighted by molar-refractivity contribution is -0.115. The number of aromatic nitrogens is 3. The fraction of sp³-hybridized carbons (Fsp3) is 0.281. The number of fused-ring (bicyclic) bond motifs is 1. The highest BCUT2D eigenvalue weighted by Crippen LogP contribution is 2.37. The topological polar surface area (TPSA) is 130 Å². The van der Waals surface area contributed by atoms with Gasteiger partial charge in [-0.1, -0.05) is 41.9 Å². The molecule has 1 unspecified atom stereocenters. The zero-order chi connectivity index (χ0) is 31.5. The van der Waals surface area contributed by atoms with Crippen molar-refractivity contribution < 1.29 is 23.9 Å². The largest absolute Gasteiger partial charge is 0.445 e. The third-order valence-electron chi connectivity index (χ3n) is 7.60. The number of ether oxygens (including phenoxy) is 1. The number of nitrogens with zero attached hydrogens (tertiary/aromatic N) is 4. The SMILES string of the molecule is Cc1cc(C(=O)N(C)C(C)CN(Cc2nn(C)cc2-c2cc(Cl)c3c(c2)CC(=O)N3)C(=O)OCc2ccccc2)c(C=O)[nH]1. The van der Waals surface area contributed by atoms with Crippen LogP contribution in [-0.4, -0.2) is 68.4 Å². The van der Waals surface area contributed by atoms with E-state index in [1.54, 1.807) is 37.8 Å². The Morgan fingerprint density at radius 1 is 1.20 bits per heavy atom. The number of carbonyl (C=O) groups is 4. The Labute approximate surface area is 259 Å². The molecule has 0 aliphatic carbocycles. The van der Waals surface area contributed by atoms with Gasteiger partial charge >= 0.3 is 6.09 Å². The molecule has 2 aromatic carbocycles. The maximum Gasteiger partial charge on any atom is 0.410 e. The Hall–Kier alpha value is -4.90. The average Bonchev–Trinajstić information content (AvgIpc) is 3.70. The van der Waals surface area contributed by atoms with E-state index in [4.69, 9.17) is 16.3 Å². The van der Waals surface area contributed by atoms with Crippen molar-refractivity contribution in [2.75, 3.05) is 18.9 Å². The third-order valence-corrected chi connectivity index (χ3v) is 7.90. The minimum atomic E-state index is -0.578. The second-order valence-electron chi connectivity index (χ2n) is 11.0. The summed E-state index contributed by atoms with van der Waals surface area (Å²) in [6.07, 6.45) is 2.09. The van der Waals surface area contributed by atoms with E-state index in [9.17, 15) is 19.2 Å². The predicted octanol–water partition coefficient (Wildman–Crippen LogP) is 4.98. The smallest absolute Gasteiger partial charge is 0.410 e. The first kappa shape index (κ1) is 30.6. The number of aryl methyl sites for hydroxylation is 2. The lowest BCUT2D eigenvalue weighted by Crippen LogP contribution is -2.45. The Morgan fingerprint density at radius 3 is 2.68 bits per heavy atom. The molecule has 2 N–H and O–H groups in total. The van der Waals surface area contributed by atoms with E-state index in [-0.39, 0.29) is 49.2 Å². The zero-order valence-electron chi connectivity index (χ0n) is 24.9. The molecule has 228 valence electrons. The number of amides is 3. The van der Waals surface area contributed by atoms with Crippen LogP contribution in [0.3, 0.4) is 0 Å². The van der Waals surface area contributed by atoms with Crippen LogP contribution in [0.25, 0.3) is 11.1 Å². The molecule has 0 radical (unpaired) electrons. The van der Waals surface area contributed by atoms with Gasteiger partial charge in [0.1, 0.15) is 6.61 Å². The molecule has 1 aliphatic rings. The van der Waals surface area contributed by atoms with Crippen molar-refractivity contribution in [3.63, 3.8) is 0 Å². The lowest BCUT2D eigenvalue weighted by atomic mass is 10.0. The summed E-state index contributed by atoms with van der Waals surface area (Å²) in [5, 5.41) is 7.85. The van der Waals surface area contributed by atoms with Crippen LogP contribution in [0.2, 0.25) is 5.02 Å². The number of anilines is 1. The number of carbonyl (C=O) groups excluding carboxylic acids is 4. The minimum Gasteiger partial charge on any atom is -0.445 e. The molecule has 12 heteroatoms. The number of benzene rings is 2. The lowest BCUT2D eigenvalue weighted by Gasteiger charge is -2.30. The fourth-order valence-corrected chi connectivity index (χ4v) is 5.54. The maximum atomic E-state index is 13.6. The van der Waals surface area contributed by atoms with Gasteiger partial charge in [0.05, 0.1) is 40.6 Å². The molecule has 0 saturated heterocycles. The highest BCUT2D eigenvalue weighted by Gasteiger charge is 2.28. The molecule has 0 fully saturated rings. The maximum absolute atomic E-state index is 13.6. The number of hydrogen-bond donors (Lipinski definition) is 2. The van der Waals surface area contributed by atoms with Gasteiger partial charge in [0.25, 0.3) is 5.91 Å². The summed E-state index contributed by atoms with van der Waals surface area (Å²) in [5.74, 6) is -0.475. The molecule has 3 heterocycles. The number of aromatic amines is 1. The molecule has 2 aromatic heterocycles. The van der Waals surface area contributed by atoms with Crippen LogP contribution in [0.1, 0.15) is 50.3 Å². The number of H-pyrrole nitrogens is 1. The van der Waals surface area contributed by atoms with Gasteiger partial charge in [-0.05, 0) is 48.7 Å². The second-order valence-corrected chi connectivity index (χ2v) is 11.4. The highest BCUT2D eigenvalue weighted by atomic mass is 35.5. The summed E-state index contributed by atoms with van der Waals surface area (Å²) in [4.78, 5) is 56.3. The van der Waals surface area contributed by atoms with E-state index < -0.39 is 12.1 Å². The Kier molecular flexibility index (Phi) is 8.86. The quantitative estimate of drug-likeness (QED) is 0.242. The van der Waals surface area contributed by atoms with Gasteiger partial charge in [0.15, 0.2) is 6.29 Å². The van der Waals surface area contributed by atoms with E-state index in [0.29, 0.717) is 28.4 Å². The van der Waals surface area contributed by atoms with Gasteiger partial charge < -0.3 is 24.8 Å². The molecule has 0 bridgehead atoms. The number of rotatable bonds is 10. The van der Waals surface area contributed by atoms with Gasteiger partial charge in [-0.3, -0.25) is 19.1 Å². The van der Waals surface area contributed by atoms with E-state index >= 15 is 0 Å². The average molecular weight is 617 g/mol. The van der Waals surface area contributed by atoms with Gasteiger partial charge in [-0.15, -0.1) is 0 Å². The van der Waals surface area contributed by atoms with Gasteiger partial charge in [-0.25, -0.2) is 4.79 Å². The molecule has 4 aromatic rings. The van der Waals surface area contributed by atoms with E-state index in [1.165, 1.54) is 9.80 Å². The molecule has 0 saturated carbocycles. The third kappa shape index (κ3) is 6.52. The van der Waals surface area contributed by atoms with Crippen LogP contribution >= 0.6 is 11.6 Å². The van der Waals surface area contributed by atoms with Crippen LogP contribution in [0.15, 0.2) is 54.7 Å². The van der Waals surface area contributed by atoms with Crippen LogP contribution in [0.4, 0.5) is 10.5 Å². The number of aldehydes is 1. The van der Waals surface area contributed by atoms with Crippen LogP contribution in [0.5, 0.6) is 0 Å². The van der Waals surface area contributed by atoms with Crippen molar-refractivity contribution in [1.29, 1.82) is 0 Å².